The molecular formula is C31H31Cl3N2O3. The standard InChI is InChI=1S/C31H31Cl3N2O3/c1-20-17-23(32)7-12-29(20)39-16-15-38-25-10-5-21(6-11-25)26-13-14-35-18-27(26)31(37)36(24-8-9-24)19-22-3-2-4-28(33)30(22)34/h2-7,10-12,17,24,35H,8-9,13-16,18-19H2,1H3. The summed E-state index contributed by atoms with van der Waals surface area (Å²) in [6.07, 6.45) is 2.80. The maximum atomic E-state index is 13.9. The molecule has 1 heterocycles. The van der Waals surface area contributed by atoms with Gasteiger partial charge in [-0.3, -0.25) is 4.79 Å². The van der Waals surface area contributed by atoms with Crippen molar-refractivity contribution in [3.63, 3.8) is 0 Å². The van der Waals surface area contributed by atoms with Crippen LogP contribution in [0.25, 0.3) is 5.57 Å². The lowest BCUT2D eigenvalue weighted by Gasteiger charge is -2.28. The maximum Gasteiger partial charge on any atom is 0.251 e. The Hall–Kier alpha value is -2.70. The van der Waals surface area contributed by atoms with Gasteiger partial charge in [-0.1, -0.05) is 59.1 Å². The summed E-state index contributed by atoms with van der Waals surface area (Å²) in [5.74, 6) is 1.62. The molecule has 0 aromatic heterocycles. The molecule has 204 valence electrons. The van der Waals surface area contributed by atoms with E-state index >= 15 is 0 Å². The maximum absolute atomic E-state index is 13.9. The molecular weight excluding hydrogens is 555 g/mol. The Kier molecular flexibility index (Phi) is 9.03. The monoisotopic (exact) mass is 584 g/mol. The fourth-order valence-electron chi connectivity index (χ4n) is 4.83. The average molecular weight is 586 g/mol. The molecule has 5 rings (SSSR count). The van der Waals surface area contributed by atoms with Crippen molar-refractivity contribution in [2.45, 2.75) is 38.8 Å². The number of hydrogen-bond donors (Lipinski definition) is 1. The predicted octanol–water partition coefficient (Wildman–Crippen LogP) is 7.35. The molecule has 2 aliphatic rings. The Morgan fingerprint density at radius 2 is 1.77 bits per heavy atom. The first kappa shape index (κ1) is 27.9. The molecule has 1 saturated carbocycles. The van der Waals surface area contributed by atoms with Crippen molar-refractivity contribution in [1.82, 2.24) is 10.2 Å². The van der Waals surface area contributed by atoms with E-state index in [-0.39, 0.29) is 11.9 Å². The third-order valence-electron chi connectivity index (χ3n) is 7.05. The van der Waals surface area contributed by atoms with Gasteiger partial charge < -0.3 is 19.7 Å². The van der Waals surface area contributed by atoms with Crippen LogP contribution in [0, 0.1) is 6.92 Å². The zero-order valence-corrected chi connectivity index (χ0v) is 24.1. The molecule has 1 aliphatic heterocycles. The number of hydrogen-bond acceptors (Lipinski definition) is 4. The van der Waals surface area contributed by atoms with Crippen molar-refractivity contribution < 1.29 is 14.3 Å². The topological polar surface area (TPSA) is 50.8 Å². The van der Waals surface area contributed by atoms with E-state index in [0.29, 0.717) is 41.4 Å². The van der Waals surface area contributed by atoms with Crippen molar-refractivity contribution in [2.75, 3.05) is 26.3 Å². The molecule has 0 unspecified atom stereocenters. The van der Waals surface area contributed by atoms with Crippen molar-refractivity contribution in [3.05, 3.63) is 98.0 Å². The molecule has 0 radical (unpaired) electrons. The van der Waals surface area contributed by atoms with E-state index in [1.54, 1.807) is 6.07 Å². The van der Waals surface area contributed by atoms with Crippen molar-refractivity contribution in [1.29, 1.82) is 0 Å². The van der Waals surface area contributed by atoms with Gasteiger partial charge in [0.2, 0.25) is 0 Å². The molecule has 0 bridgehead atoms. The minimum Gasteiger partial charge on any atom is -0.490 e. The Labute approximate surface area is 244 Å². The summed E-state index contributed by atoms with van der Waals surface area (Å²) in [5.41, 5.74) is 4.79. The molecule has 0 spiro atoms. The molecule has 0 saturated heterocycles. The van der Waals surface area contributed by atoms with E-state index in [2.05, 4.69) is 5.32 Å². The van der Waals surface area contributed by atoms with Gasteiger partial charge in [0, 0.05) is 29.7 Å². The van der Waals surface area contributed by atoms with Crippen LogP contribution in [0.1, 0.15) is 36.0 Å². The zero-order chi connectivity index (χ0) is 27.4. The van der Waals surface area contributed by atoms with Crippen molar-refractivity contribution in [3.8, 4) is 11.5 Å². The lowest BCUT2D eigenvalue weighted by molar-refractivity contribution is -0.128. The quantitative estimate of drug-likeness (QED) is 0.253. The Morgan fingerprint density at radius 1 is 1.00 bits per heavy atom. The highest BCUT2D eigenvalue weighted by molar-refractivity contribution is 6.42. The number of amides is 1. The molecule has 5 nitrogen and oxygen atoms in total. The Bertz CT molecular complexity index is 1370. The Morgan fingerprint density at radius 3 is 2.51 bits per heavy atom. The van der Waals surface area contributed by atoms with E-state index in [1.807, 2.05) is 66.4 Å². The van der Waals surface area contributed by atoms with Gasteiger partial charge >= 0.3 is 0 Å². The highest BCUT2D eigenvalue weighted by Gasteiger charge is 2.35. The number of nitrogens with zero attached hydrogens (tertiary/aromatic N) is 1. The third kappa shape index (κ3) is 6.90. The van der Waals surface area contributed by atoms with Crippen LogP contribution in [0.2, 0.25) is 15.1 Å². The van der Waals surface area contributed by atoms with Crippen LogP contribution in [-0.2, 0) is 11.3 Å². The number of benzene rings is 3. The molecule has 1 N–H and O–H groups in total. The molecule has 39 heavy (non-hydrogen) atoms. The smallest absolute Gasteiger partial charge is 0.251 e. The fourth-order valence-corrected chi connectivity index (χ4v) is 5.43. The van der Waals surface area contributed by atoms with Crippen LogP contribution in [0.4, 0.5) is 0 Å². The van der Waals surface area contributed by atoms with E-state index in [9.17, 15) is 4.79 Å². The van der Waals surface area contributed by atoms with Gasteiger partial charge in [-0.2, -0.15) is 0 Å². The van der Waals surface area contributed by atoms with E-state index < -0.39 is 0 Å². The highest BCUT2D eigenvalue weighted by atomic mass is 35.5. The van der Waals surface area contributed by atoms with Crippen LogP contribution in [-0.4, -0.2) is 43.2 Å². The van der Waals surface area contributed by atoms with Crippen LogP contribution < -0.4 is 14.8 Å². The molecule has 8 heteroatoms. The lowest BCUT2D eigenvalue weighted by Crippen LogP contribution is -2.39. The summed E-state index contributed by atoms with van der Waals surface area (Å²) in [5, 5.41) is 5.09. The number of carbonyl (C=O) groups is 1. The van der Waals surface area contributed by atoms with Gasteiger partial charge in [-0.15, -0.1) is 0 Å². The molecule has 3 aromatic carbocycles. The Balaban J connectivity index is 1.26. The van der Waals surface area contributed by atoms with Crippen molar-refractivity contribution in [2.24, 2.45) is 0 Å². The number of ether oxygens (including phenoxy) is 2. The first-order valence-corrected chi connectivity index (χ1v) is 14.3. The van der Waals surface area contributed by atoms with Gasteiger partial charge in [0.15, 0.2) is 0 Å². The molecule has 3 aromatic rings. The van der Waals surface area contributed by atoms with Crippen molar-refractivity contribution >= 4 is 46.3 Å². The second kappa shape index (κ2) is 12.6. The first-order valence-electron chi connectivity index (χ1n) is 13.2. The second-order valence-electron chi connectivity index (χ2n) is 9.89. The number of halogens is 3. The van der Waals surface area contributed by atoms with Crippen LogP contribution in [0.5, 0.6) is 11.5 Å². The molecule has 1 amide bonds. The number of nitrogens with one attached hydrogen (secondary N) is 1. The molecule has 0 atom stereocenters. The van der Waals surface area contributed by atoms with E-state index in [1.165, 1.54) is 0 Å². The summed E-state index contributed by atoms with van der Waals surface area (Å²) in [4.78, 5) is 15.8. The summed E-state index contributed by atoms with van der Waals surface area (Å²) < 4.78 is 11.7. The molecule has 1 aliphatic carbocycles. The summed E-state index contributed by atoms with van der Waals surface area (Å²) in [7, 11) is 0. The summed E-state index contributed by atoms with van der Waals surface area (Å²) in [6, 6.07) is 19.3. The van der Waals surface area contributed by atoms with Gasteiger partial charge in [0.1, 0.15) is 24.7 Å². The van der Waals surface area contributed by atoms with E-state index in [4.69, 9.17) is 44.3 Å². The number of carbonyl (C=O) groups excluding carboxylic acids is 1. The van der Waals surface area contributed by atoms with Gasteiger partial charge in [0.25, 0.3) is 5.91 Å². The lowest BCUT2D eigenvalue weighted by atomic mass is 9.93. The largest absolute Gasteiger partial charge is 0.490 e. The normalized spacial score (nSPS) is 15.3. The van der Waals surface area contributed by atoms with Gasteiger partial charge in [-0.25, -0.2) is 0 Å². The van der Waals surface area contributed by atoms with Crippen LogP contribution in [0.3, 0.4) is 0 Å². The molecule has 1 fully saturated rings. The fraction of sp³-hybridized carbons (Fsp3) is 0.323. The first-order chi connectivity index (χ1) is 18.9. The highest BCUT2D eigenvalue weighted by Crippen LogP contribution is 2.35. The average Bonchev–Trinajstić information content (AvgIpc) is 3.78. The summed E-state index contributed by atoms with van der Waals surface area (Å²) in [6.45, 7) is 4.62. The van der Waals surface area contributed by atoms with E-state index in [0.717, 1.165) is 65.1 Å². The van der Waals surface area contributed by atoms with Gasteiger partial charge in [-0.05, 0) is 91.4 Å². The zero-order valence-electron chi connectivity index (χ0n) is 21.8. The minimum absolute atomic E-state index is 0.0608. The number of rotatable bonds is 10. The third-order valence-corrected chi connectivity index (χ3v) is 8.14. The second-order valence-corrected chi connectivity index (χ2v) is 11.1. The SMILES string of the molecule is Cc1cc(Cl)ccc1OCCOc1ccc(C2=C(C(=O)N(Cc3cccc(Cl)c3Cl)C3CC3)CNCC2)cc1. The van der Waals surface area contributed by atoms with Gasteiger partial charge in [0.05, 0.1) is 10.0 Å². The minimum atomic E-state index is 0.0608. The van der Waals surface area contributed by atoms with Crippen LogP contribution >= 0.6 is 34.8 Å². The van der Waals surface area contributed by atoms with Crippen LogP contribution in [0.15, 0.2) is 66.2 Å². The number of aryl methyl sites for hydroxylation is 1. The summed E-state index contributed by atoms with van der Waals surface area (Å²) >= 11 is 18.7. The predicted molar refractivity (Wildman–Crippen MR) is 158 cm³/mol.